The van der Waals surface area contributed by atoms with Crippen molar-refractivity contribution >= 4 is 28.8 Å². The Hall–Kier alpha value is -2.38. The van der Waals surface area contributed by atoms with Crippen molar-refractivity contribution in [2.24, 2.45) is 0 Å². The van der Waals surface area contributed by atoms with E-state index < -0.39 is 0 Å². The van der Waals surface area contributed by atoms with Crippen LogP contribution in [0.3, 0.4) is 0 Å². The van der Waals surface area contributed by atoms with E-state index in [1.807, 2.05) is 6.92 Å². The number of fused-ring (bicyclic) bond motifs is 1. The number of nitrogens with one attached hydrogen (secondary N) is 2. The summed E-state index contributed by atoms with van der Waals surface area (Å²) in [7, 11) is 1.59. The van der Waals surface area contributed by atoms with Crippen molar-refractivity contribution < 1.29 is 4.79 Å². The van der Waals surface area contributed by atoms with E-state index in [4.69, 9.17) is 5.73 Å². The molecule has 8 nitrogen and oxygen atoms in total. The van der Waals surface area contributed by atoms with Crippen LogP contribution in [0.5, 0.6) is 0 Å². The normalized spacial score (nSPS) is 10.6. The van der Waals surface area contributed by atoms with Gasteiger partial charge < -0.3 is 20.9 Å². The van der Waals surface area contributed by atoms with Crippen LogP contribution in [-0.2, 0) is 4.79 Å². The van der Waals surface area contributed by atoms with Gasteiger partial charge in [0, 0.05) is 13.6 Å². The summed E-state index contributed by atoms with van der Waals surface area (Å²) in [5, 5.41) is 2.57. The van der Waals surface area contributed by atoms with Crippen molar-refractivity contribution in [1.82, 2.24) is 25.3 Å². The number of carbonyl (C=O) groups is 1. The van der Waals surface area contributed by atoms with Crippen molar-refractivity contribution in [1.29, 1.82) is 0 Å². The van der Waals surface area contributed by atoms with Crippen molar-refractivity contribution in [3.63, 3.8) is 0 Å². The number of amides is 1. The molecule has 18 heavy (non-hydrogen) atoms. The van der Waals surface area contributed by atoms with Crippen LogP contribution < -0.4 is 16.0 Å². The number of hydrogen-bond acceptors (Lipinski definition) is 6. The Bertz CT molecular complexity index is 564. The summed E-state index contributed by atoms with van der Waals surface area (Å²) >= 11 is 0. The number of aromatic nitrogens is 4. The SMILES string of the molecule is CCN(CC(=O)NC)c1nc(N)nc2nc[nH]c12. The summed E-state index contributed by atoms with van der Waals surface area (Å²) in [5.74, 6) is 0.628. The molecule has 1 amide bonds. The van der Waals surface area contributed by atoms with Crippen molar-refractivity contribution in [3.05, 3.63) is 6.33 Å². The summed E-state index contributed by atoms with van der Waals surface area (Å²) in [6.07, 6.45) is 1.52. The zero-order valence-electron chi connectivity index (χ0n) is 10.3. The second-order valence-corrected chi connectivity index (χ2v) is 3.69. The first-order valence-corrected chi connectivity index (χ1v) is 5.57. The Morgan fingerprint density at radius 2 is 2.33 bits per heavy atom. The Kier molecular flexibility index (Phi) is 3.26. The Balaban J connectivity index is 2.43. The first kappa shape index (κ1) is 12.1. The van der Waals surface area contributed by atoms with E-state index >= 15 is 0 Å². The van der Waals surface area contributed by atoms with E-state index in [2.05, 4.69) is 25.3 Å². The molecule has 0 spiro atoms. The molecule has 0 saturated carbocycles. The van der Waals surface area contributed by atoms with Gasteiger partial charge in [-0.3, -0.25) is 4.79 Å². The van der Waals surface area contributed by atoms with Gasteiger partial charge in [0.1, 0.15) is 5.52 Å². The van der Waals surface area contributed by atoms with Crippen LogP contribution in [0.15, 0.2) is 6.33 Å². The molecular weight excluding hydrogens is 234 g/mol. The lowest BCUT2D eigenvalue weighted by atomic mass is 10.4. The van der Waals surface area contributed by atoms with Gasteiger partial charge in [-0.25, -0.2) is 4.98 Å². The molecular formula is C10H15N7O. The maximum atomic E-state index is 11.5. The number of imidazole rings is 1. The first-order valence-electron chi connectivity index (χ1n) is 5.57. The van der Waals surface area contributed by atoms with Gasteiger partial charge in [-0.05, 0) is 6.92 Å². The molecule has 2 aromatic rings. The number of nitrogens with two attached hydrogens (primary N) is 1. The largest absolute Gasteiger partial charge is 0.368 e. The third-order valence-electron chi connectivity index (χ3n) is 2.58. The number of hydrogen-bond donors (Lipinski definition) is 3. The minimum Gasteiger partial charge on any atom is -0.368 e. The number of rotatable bonds is 4. The van der Waals surface area contributed by atoms with Crippen molar-refractivity contribution in [2.75, 3.05) is 30.8 Å². The van der Waals surface area contributed by atoms with Crippen LogP contribution >= 0.6 is 0 Å². The monoisotopic (exact) mass is 249 g/mol. The minimum atomic E-state index is -0.0956. The molecule has 8 heteroatoms. The molecule has 0 radical (unpaired) electrons. The predicted octanol–water partition coefficient (Wildman–Crippen LogP) is -0.493. The van der Waals surface area contributed by atoms with E-state index in [1.54, 1.807) is 11.9 Å². The summed E-state index contributed by atoms with van der Waals surface area (Å²) in [5.41, 5.74) is 6.81. The molecule has 0 aliphatic carbocycles. The second kappa shape index (κ2) is 4.86. The highest BCUT2D eigenvalue weighted by Gasteiger charge is 2.16. The third kappa shape index (κ3) is 2.17. The average molecular weight is 249 g/mol. The van der Waals surface area contributed by atoms with Gasteiger partial charge in [0.05, 0.1) is 12.9 Å². The summed E-state index contributed by atoms with van der Waals surface area (Å²) < 4.78 is 0. The summed E-state index contributed by atoms with van der Waals surface area (Å²) in [6.45, 7) is 2.76. The van der Waals surface area contributed by atoms with Crippen LogP contribution in [0.25, 0.3) is 11.2 Å². The lowest BCUT2D eigenvalue weighted by molar-refractivity contribution is -0.119. The van der Waals surface area contributed by atoms with Crippen molar-refractivity contribution in [3.8, 4) is 0 Å². The number of carbonyl (C=O) groups excluding carboxylic acids is 1. The lowest BCUT2D eigenvalue weighted by Gasteiger charge is -2.21. The van der Waals surface area contributed by atoms with E-state index in [0.717, 1.165) is 0 Å². The molecule has 0 aliphatic rings. The van der Waals surface area contributed by atoms with E-state index in [9.17, 15) is 4.79 Å². The van der Waals surface area contributed by atoms with Gasteiger partial charge in [0.15, 0.2) is 11.5 Å². The van der Waals surface area contributed by atoms with Gasteiger partial charge in [0.25, 0.3) is 0 Å². The number of likely N-dealkylation sites (N-methyl/N-ethyl adjacent to an activating group) is 2. The molecule has 0 fully saturated rings. The quantitative estimate of drug-likeness (QED) is 0.673. The van der Waals surface area contributed by atoms with Crippen LogP contribution in [-0.4, -0.2) is 46.0 Å². The second-order valence-electron chi connectivity index (χ2n) is 3.69. The fourth-order valence-electron chi connectivity index (χ4n) is 1.65. The molecule has 2 aromatic heterocycles. The number of nitrogens with zero attached hydrogens (tertiary/aromatic N) is 4. The molecule has 2 heterocycles. The van der Waals surface area contributed by atoms with Crippen LogP contribution in [0.2, 0.25) is 0 Å². The zero-order valence-corrected chi connectivity index (χ0v) is 10.3. The molecule has 0 unspecified atom stereocenters. The smallest absolute Gasteiger partial charge is 0.239 e. The standard InChI is InChI=1S/C10H15N7O/c1-3-17(4-6(18)12-2)9-7-8(14-5-13-7)15-10(11)16-9/h5H,3-4H2,1-2H3,(H,12,18)(H3,11,13,14,15,16). The fraction of sp³-hybridized carbons (Fsp3) is 0.400. The average Bonchev–Trinajstić information content (AvgIpc) is 2.82. The molecule has 0 atom stereocenters. The van der Waals surface area contributed by atoms with Crippen molar-refractivity contribution in [2.45, 2.75) is 6.92 Å². The maximum absolute atomic E-state index is 11.5. The third-order valence-corrected chi connectivity index (χ3v) is 2.58. The lowest BCUT2D eigenvalue weighted by Crippen LogP contribution is -2.36. The zero-order chi connectivity index (χ0) is 13.1. The van der Waals surface area contributed by atoms with Gasteiger partial charge in [-0.2, -0.15) is 9.97 Å². The first-order chi connectivity index (χ1) is 8.65. The highest BCUT2D eigenvalue weighted by Crippen LogP contribution is 2.21. The van der Waals surface area contributed by atoms with E-state index in [-0.39, 0.29) is 18.4 Å². The Morgan fingerprint density at radius 1 is 1.56 bits per heavy atom. The molecule has 96 valence electrons. The number of aromatic amines is 1. The van der Waals surface area contributed by atoms with Gasteiger partial charge in [0.2, 0.25) is 11.9 Å². The van der Waals surface area contributed by atoms with E-state index in [0.29, 0.717) is 23.5 Å². The molecule has 2 rings (SSSR count). The molecule has 0 aliphatic heterocycles. The Morgan fingerprint density at radius 3 is 3.00 bits per heavy atom. The molecule has 0 bridgehead atoms. The maximum Gasteiger partial charge on any atom is 0.239 e. The topological polar surface area (TPSA) is 113 Å². The molecule has 0 saturated heterocycles. The number of nitrogen functional groups attached to an aromatic ring is 1. The van der Waals surface area contributed by atoms with Gasteiger partial charge >= 0.3 is 0 Å². The Labute approximate surface area is 104 Å². The fourth-order valence-corrected chi connectivity index (χ4v) is 1.65. The molecule has 0 aromatic carbocycles. The van der Waals surface area contributed by atoms with Gasteiger partial charge in [-0.1, -0.05) is 0 Å². The van der Waals surface area contributed by atoms with Gasteiger partial charge in [-0.15, -0.1) is 0 Å². The predicted molar refractivity (Wildman–Crippen MR) is 68.0 cm³/mol. The highest BCUT2D eigenvalue weighted by molar-refractivity contribution is 5.87. The summed E-state index contributed by atoms with van der Waals surface area (Å²) in [6, 6.07) is 0. The number of H-pyrrole nitrogens is 1. The minimum absolute atomic E-state index is 0.0956. The van der Waals surface area contributed by atoms with Crippen LogP contribution in [0, 0.1) is 0 Å². The number of anilines is 2. The highest BCUT2D eigenvalue weighted by atomic mass is 16.1. The van der Waals surface area contributed by atoms with Crippen LogP contribution in [0.4, 0.5) is 11.8 Å². The van der Waals surface area contributed by atoms with E-state index in [1.165, 1.54) is 6.33 Å². The summed E-state index contributed by atoms with van der Waals surface area (Å²) in [4.78, 5) is 28.4. The molecule has 4 N–H and O–H groups in total. The van der Waals surface area contributed by atoms with Crippen LogP contribution in [0.1, 0.15) is 6.92 Å².